The van der Waals surface area contributed by atoms with E-state index in [0.29, 0.717) is 42.3 Å². The van der Waals surface area contributed by atoms with Crippen molar-refractivity contribution in [1.29, 1.82) is 0 Å². The highest BCUT2D eigenvalue weighted by Gasteiger charge is 2.36. The van der Waals surface area contributed by atoms with Crippen molar-refractivity contribution in [1.82, 2.24) is 0 Å². The number of aryl methyl sites for hydroxylation is 2. The van der Waals surface area contributed by atoms with Crippen LogP contribution in [0.5, 0.6) is 5.75 Å². The van der Waals surface area contributed by atoms with Crippen molar-refractivity contribution in [3.05, 3.63) is 53.1 Å². The number of anilines is 2. The summed E-state index contributed by atoms with van der Waals surface area (Å²) in [5, 5.41) is 9.78. The second-order valence-corrected chi connectivity index (χ2v) is 7.01. The number of hydrogen-bond acceptors (Lipinski definition) is 3. The Bertz CT molecular complexity index is 892. The number of nitrogens with zero attached hydrogens (tertiary/aromatic N) is 2. The number of carboxylic acid groups (broad SMARTS) is 1. The number of carbonyl (C=O) groups is 2. The third kappa shape index (κ3) is 3.54. The van der Waals surface area contributed by atoms with Crippen LogP contribution in [0, 0.1) is 13.8 Å². The van der Waals surface area contributed by atoms with Gasteiger partial charge in [0.05, 0.1) is 24.0 Å². The molecule has 0 bridgehead atoms. The van der Waals surface area contributed by atoms with Gasteiger partial charge in [-0.05, 0) is 74.7 Å². The predicted molar refractivity (Wildman–Crippen MR) is 110 cm³/mol. The quantitative estimate of drug-likeness (QED) is 0.837. The van der Waals surface area contributed by atoms with Crippen LogP contribution in [0.3, 0.4) is 0 Å². The molecule has 0 saturated carbocycles. The number of fused-ring (bicyclic) bond motifs is 1. The maximum absolute atomic E-state index is 13.3. The molecule has 1 aliphatic heterocycles. The number of carbonyl (C=O) groups excluding carboxylic acids is 1. The van der Waals surface area contributed by atoms with Crippen molar-refractivity contribution in [3.8, 4) is 5.75 Å². The standard InChI is InChI=1S/C22H26N2O4/c1-5-17-13-23(21(25)16-7-9-18(10-8-16)28-6-2)19-11-14(3)15(4)12-20(19)24(17)22(26)27/h7-12,17H,5-6,13H2,1-4H3,(H,26,27). The number of rotatable bonds is 4. The summed E-state index contributed by atoms with van der Waals surface area (Å²) in [5.74, 6) is 0.573. The Kier molecular flexibility index (Phi) is 5.58. The lowest BCUT2D eigenvalue weighted by Gasteiger charge is -2.41. The molecule has 6 nitrogen and oxygen atoms in total. The fraction of sp³-hybridized carbons (Fsp3) is 0.364. The Labute approximate surface area is 165 Å². The Morgan fingerprint density at radius 1 is 1.07 bits per heavy atom. The molecule has 6 heteroatoms. The summed E-state index contributed by atoms with van der Waals surface area (Å²) in [4.78, 5) is 28.3. The van der Waals surface area contributed by atoms with E-state index >= 15 is 0 Å². The smallest absolute Gasteiger partial charge is 0.412 e. The normalized spacial score (nSPS) is 15.9. The predicted octanol–water partition coefficient (Wildman–Crippen LogP) is 4.63. The Balaban J connectivity index is 2.05. The lowest BCUT2D eigenvalue weighted by molar-refractivity contribution is 0.0982. The Morgan fingerprint density at radius 2 is 1.68 bits per heavy atom. The lowest BCUT2D eigenvalue weighted by atomic mass is 9.99. The first-order valence-electron chi connectivity index (χ1n) is 9.55. The third-order valence-electron chi connectivity index (χ3n) is 5.23. The van der Waals surface area contributed by atoms with Crippen LogP contribution in [-0.4, -0.2) is 36.3 Å². The van der Waals surface area contributed by atoms with Crippen molar-refractivity contribution in [2.75, 3.05) is 23.0 Å². The minimum Gasteiger partial charge on any atom is -0.494 e. The second kappa shape index (κ2) is 7.92. The van der Waals surface area contributed by atoms with Crippen LogP contribution in [0.25, 0.3) is 0 Å². The number of ether oxygens (including phenoxy) is 1. The van der Waals surface area contributed by atoms with Gasteiger partial charge in [-0.2, -0.15) is 0 Å². The van der Waals surface area contributed by atoms with Crippen LogP contribution in [-0.2, 0) is 0 Å². The highest BCUT2D eigenvalue weighted by Crippen LogP contribution is 2.39. The molecule has 0 radical (unpaired) electrons. The van der Waals surface area contributed by atoms with Crippen LogP contribution in [0.2, 0.25) is 0 Å². The van der Waals surface area contributed by atoms with Crippen molar-refractivity contribution in [3.63, 3.8) is 0 Å². The van der Waals surface area contributed by atoms with E-state index in [1.54, 1.807) is 29.2 Å². The van der Waals surface area contributed by atoms with Crippen LogP contribution < -0.4 is 14.5 Å². The van der Waals surface area contributed by atoms with Crippen LogP contribution >= 0.6 is 0 Å². The average Bonchev–Trinajstić information content (AvgIpc) is 2.68. The first-order chi connectivity index (χ1) is 13.4. The summed E-state index contributed by atoms with van der Waals surface area (Å²) in [6.07, 6.45) is -0.379. The fourth-order valence-electron chi connectivity index (χ4n) is 3.56. The molecule has 0 spiro atoms. The van der Waals surface area contributed by atoms with Crippen LogP contribution in [0.4, 0.5) is 16.2 Å². The van der Waals surface area contributed by atoms with Gasteiger partial charge in [-0.15, -0.1) is 0 Å². The molecule has 0 aromatic heterocycles. The maximum Gasteiger partial charge on any atom is 0.412 e. The van der Waals surface area contributed by atoms with Gasteiger partial charge in [-0.1, -0.05) is 6.92 Å². The highest BCUT2D eigenvalue weighted by atomic mass is 16.5. The Morgan fingerprint density at radius 3 is 2.21 bits per heavy atom. The molecule has 1 heterocycles. The van der Waals surface area contributed by atoms with Crippen LogP contribution in [0.15, 0.2) is 36.4 Å². The molecule has 0 saturated heterocycles. The van der Waals surface area contributed by atoms with Gasteiger partial charge in [0.15, 0.2) is 0 Å². The molecule has 2 amide bonds. The molecule has 2 aromatic rings. The molecular formula is C22H26N2O4. The van der Waals surface area contributed by atoms with Gasteiger partial charge in [0, 0.05) is 12.1 Å². The summed E-state index contributed by atoms with van der Waals surface area (Å²) in [7, 11) is 0. The molecular weight excluding hydrogens is 356 g/mol. The van der Waals surface area contributed by atoms with E-state index in [1.807, 2.05) is 39.8 Å². The third-order valence-corrected chi connectivity index (χ3v) is 5.23. The lowest BCUT2D eigenvalue weighted by Crippen LogP contribution is -2.52. The van der Waals surface area contributed by atoms with E-state index in [-0.39, 0.29) is 11.9 Å². The van der Waals surface area contributed by atoms with E-state index in [4.69, 9.17) is 4.74 Å². The van der Waals surface area contributed by atoms with E-state index < -0.39 is 6.09 Å². The highest BCUT2D eigenvalue weighted by molar-refractivity contribution is 6.10. The maximum atomic E-state index is 13.3. The summed E-state index contributed by atoms with van der Waals surface area (Å²) in [5.41, 5.74) is 3.76. The first kappa shape index (κ1) is 19.7. The molecule has 0 fully saturated rings. The van der Waals surface area contributed by atoms with Crippen molar-refractivity contribution >= 4 is 23.4 Å². The summed E-state index contributed by atoms with van der Waals surface area (Å²) < 4.78 is 5.45. The molecule has 1 unspecified atom stereocenters. The van der Waals surface area contributed by atoms with E-state index in [1.165, 1.54) is 4.90 Å². The molecule has 0 aliphatic carbocycles. The average molecular weight is 382 g/mol. The van der Waals surface area contributed by atoms with Gasteiger partial charge < -0.3 is 14.7 Å². The zero-order valence-corrected chi connectivity index (χ0v) is 16.7. The number of amides is 2. The van der Waals surface area contributed by atoms with Gasteiger partial charge in [0.2, 0.25) is 0 Å². The van der Waals surface area contributed by atoms with Crippen molar-refractivity contribution in [2.24, 2.45) is 0 Å². The van der Waals surface area contributed by atoms with Gasteiger partial charge in [0.25, 0.3) is 5.91 Å². The SMILES string of the molecule is CCOc1ccc(C(=O)N2CC(CC)N(C(=O)O)c3cc(C)c(C)cc32)cc1. The molecule has 3 rings (SSSR count). The topological polar surface area (TPSA) is 70.1 Å². The van der Waals surface area contributed by atoms with Crippen molar-refractivity contribution < 1.29 is 19.4 Å². The van der Waals surface area contributed by atoms with E-state index in [0.717, 1.165) is 11.1 Å². The minimum absolute atomic E-state index is 0.143. The van der Waals surface area contributed by atoms with E-state index in [9.17, 15) is 14.7 Å². The zero-order valence-electron chi connectivity index (χ0n) is 16.7. The van der Waals surface area contributed by atoms with Gasteiger partial charge in [0.1, 0.15) is 5.75 Å². The fourth-order valence-corrected chi connectivity index (χ4v) is 3.56. The summed E-state index contributed by atoms with van der Waals surface area (Å²) >= 11 is 0. The molecule has 1 N–H and O–H groups in total. The van der Waals surface area contributed by atoms with Gasteiger partial charge in [-0.3, -0.25) is 9.69 Å². The van der Waals surface area contributed by atoms with E-state index in [2.05, 4.69) is 0 Å². The van der Waals surface area contributed by atoms with Crippen LogP contribution in [0.1, 0.15) is 41.8 Å². The molecule has 148 valence electrons. The van der Waals surface area contributed by atoms with Gasteiger partial charge in [-0.25, -0.2) is 4.79 Å². The molecule has 1 atom stereocenters. The Hall–Kier alpha value is -3.02. The number of benzene rings is 2. The number of hydrogen-bond donors (Lipinski definition) is 1. The first-order valence-corrected chi connectivity index (χ1v) is 9.55. The largest absolute Gasteiger partial charge is 0.494 e. The molecule has 2 aromatic carbocycles. The molecule has 28 heavy (non-hydrogen) atoms. The monoisotopic (exact) mass is 382 g/mol. The molecule has 1 aliphatic rings. The van der Waals surface area contributed by atoms with Gasteiger partial charge >= 0.3 is 6.09 Å². The van der Waals surface area contributed by atoms with Crippen molar-refractivity contribution in [2.45, 2.75) is 40.2 Å². The summed E-state index contributed by atoms with van der Waals surface area (Å²) in [6.45, 7) is 8.65. The summed E-state index contributed by atoms with van der Waals surface area (Å²) in [6, 6.07) is 10.5. The minimum atomic E-state index is -0.996. The zero-order chi connectivity index (χ0) is 20.4. The second-order valence-electron chi connectivity index (χ2n) is 7.01.